The van der Waals surface area contributed by atoms with Crippen LogP contribution in [0.3, 0.4) is 0 Å². The SMILES string of the molecule is O=C(c1c2ccccc2nc2ccccc12)N1CCN(c2ccc(O)cc2)CC1. The Morgan fingerprint density at radius 1 is 0.759 bits per heavy atom. The van der Waals surface area contributed by atoms with Crippen LogP contribution in [0.15, 0.2) is 72.8 Å². The quantitative estimate of drug-likeness (QED) is 0.531. The Hall–Kier alpha value is -3.60. The van der Waals surface area contributed by atoms with E-state index in [1.807, 2.05) is 65.6 Å². The summed E-state index contributed by atoms with van der Waals surface area (Å²) in [5.41, 5.74) is 3.49. The molecule has 0 bridgehead atoms. The van der Waals surface area contributed by atoms with Gasteiger partial charge in [0.15, 0.2) is 0 Å². The third-order valence-electron chi connectivity index (χ3n) is 5.58. The number of benzene rings is 3. The second-order valence-electron chi connectivity index (χ2n) is 7.32. The average Bonchev–Trinajstić information content (AvgIpc) is 2.77. The summed E-state index contributed by atoms with van der Waals surface area (Å²) in [5, 5.41) is 11.3. The van der Waals surface area contributed by atoms with Gasteiger partial charge in [0.25, 0.3) is 5.91 Å². The van der Waals surface area contributed by atoms with Gasteiger partial charge in [0.1, 0.15) is 5.75 Å². The van der Waals surface area contributed by atoms with Crippen molar-refractivity contribution in [2.45, 2.75) is 0 Å². The van der Waals surface area contributed by atoms with E-state index in [1.165, 1.54) is 0 Å². The van der Waals surface area contributed by atoms with Crippen LogP contribution in [-0.4, -0.2) is 47.1 Å². The minimum absolute atomic E-state index is 0.0603. The van der Waals surface area contributed by atoms with E-state index in [1.54, 1.807) is 12.1 Å². The maximum absolute atomic E-state index is 13.6. The summed E-state index contributed by atoms with van der Waals surface area (Å²) < 4.78 is 0. The van der Waals surface area contributed by atoms with Crippen molar-refractivity contribution in [3.05, 3.63) is 78.4 Å². The largest absolute Gasteiger partial charge is 0.508 e. The van der Waals surface area contributed by atoms with Gasteiger partial charge in [0.05, 0.1) is 16.6 Å². The molecule has 3 aromatic carbocycles. The Labute approximate surface area is 168 Å². The smallest absolute Gasteiger partial charge is 0.255 e. The molecule has 4 aromatic rings. The molecule has 2 heterocycles. The van der Waals surface area contributed by atoms with Crippen LogP contribution >= 0.6 is 0 Å². The van der Waals surface area contributed by atoms with E-state index in [2.05, 4.69) is 4.90 Å². The molecule has 1 saturated heterocycles. The lowest BCUT2D eigenvalue weighted by atomic mass is 10.0. The zero-order valence-electron chi connectivity index (χ0n) is 16.0. The molecule has 0 saturated carbocycles. The molecule has 0 atom stereocenters. The highest BCUT2D eigenvalue weighted by molar-refractivity contribution is 6.16. The van der Waals surface area contributed by atoms with Gasteiger partial charge in [0.2, 0.25) is 0 Å². The predicted molar refractivity (Wildman–Crippen MR) is 115 cm³/mol. The van der Waals surface area contributed by atoms with Crippen LogP contribution in [-0.2, 0) is 0 Å². The summed E-state index contributed by atoms with van der Waals surface area (Å²) in [6.45, 7) is 2.84. The topological polar surface area (TPSA) is 56.7 Å². The normalized spacial score (nSPS) is 14.5. The monoisotopic (exact) mass is 383 g/mol. The van der Waals surface area contributed by atoms with Gasteiger partial charge in [-0.1, -0.05) is 36.4 Å². The first-order valence-electron chi connectivity index (χ1n) is 9.81. The van der Waals surface area contributed by atoms with Gasteiger partial charge >= 0.3 is 0 Å². The summed E-state index contributed by atoms with van der Waals surface area (Å²) in [7, 11) is 0. The summed E-state index contributed by atoms with van der Waals surface area (Å²) in [6, 6.07) is 22.9. The fourth-order valence-electron chi connectivity index (χ4n) is 4.06. The molecule has 1 aliphatic rings. The third-order valence-corrected chi connectivity index (χ3v) is 5.58. The maximum atomic E-state index is 13.6. The highest BCUT2D eigenvalue weighted by atomic mass is 16.3. The lowest BCUT2D eigenvalue weighted by Gasteiger charge is -2.36. The van der Waals surface area contributed by atoms with Crippen LogP contribution in [0.25, 0.3) is 21.8 Å². The fraction of sp³-hybridized carbons (Fsp3) is 0.167. The molecule has 0 radical (unpaired) electrons. The number of amides is 1. The Kier molecular flexibility index (Phi) is 4.28. The van der Waals surface area contributed by atoms with Crippen LogP contribution < -0.4 is 4.90 Å². The van der Waals surface area contributed by atoms with Gasteiger partial charge in [-0.2, -0.15) is 0 Å². The number of aromatic hydroxyl groups is 1. The number of rotatable bonds is 2. The van der Waals surface area contributed by atoms with E-state index in [4.69, 9.17) is 4.98 Å². The van der Waals surface area contributed by atoms with Gasteiger partial charge in [-0.25, -0.2) is 4.98 Å². The molecule has 1 N–H and O–H groups in total. The zero-order chi connectivity index (χ0) is 19.8. The van der Waals surface area contributed by atoms with Crippen LogP contribution in [0.1, 0.15) is 10.4 Å². The van der Waals surface area contributed by atoms with Crippen molar-refractivity contribution in [2.24, 2.45) is 0 Å². The molecule has 29 heavy (non-hydrogen) atoms. The molecule has 0 spiro atoms. The second-order valence-corrected chi connectivity index (χ2v) is 7.32. The number of carbonyl (C=O) groups excluding carboxylic acids is 1. The van der Waals surface area contributed by atoms with Crippen LogP contribution in [0.5, 0.6) is 5.75 Å². The number of carbonyl (C=O) groups is 1. The minimum atomic E-state index is 0.0603. The summed E-state index contributed by atoms with van der Waals surface area (Å²) >= 11 is 0. The Morgan fingerprint density at radius 3 is 1.90 bits per heavy atom. The lowest BCUT2D eigenvalue weighted by Crippen LogP contribution is -2.48. The average molecular weight is 383 g/mol. The van der Waals surface area contributed by atoms with E-state index in [-0.39, 0.29) is 11.7 Å². The summed E-state index contributed by atoms with van der Waals surface area (Å²) in [5.74, 6) is 0.323. The molecule has 0 unspecified atom stereocenters. The molecule has 0 aliphatic carbocycles. The molecule has 1 amide bonds. The number of piperazine rings is 1. The molecule has 5 rings (SSSR count). The third kappa shape index (κ3) is 3.14. The highest BCUT2D eigenvalue weighted by Gasteiger charge is 2.25. The summed E-state index contributed by atoms with van der Waals surface area (Å²) in [6.07, 6.45) is 0. The van der Waals surface area contributed by atoms with Crippen molar-refractivity contribution in [3.8, 4) is 5.75 Å². The number of pyridine rings is 1. The van der Waals surface area contributed by atoms with Crippen molar-refractivity contribution in [3.63, 3.8) is 0 Å². The molecule has 1 aromatic heterocycles. The number of para-hydroxylation sites is 2. The zero-order valence-corrected chi connectivity index (χ0v) is 16.0. The summed E-state index contributed by atoms with van der Waals surface area (Å²) in [4.78, 5) is 22.5. The number of hydrogen-bond acceptors (Lipinski definition) is 4. The molecular formula is C24H21N3O2. The Morgan fingerprint density at radius 2 is 1.31 bits per heavy atom. The van der Waals surface area contributed by atoms with Gasteiger partial charge in [-0.3, -0.25) is 4.79 Å². The second kappa shape index (κ2) is 7.09. The Bertz CT molecular complexity index is 1140. The van der Waals surface area contributed by atoms with Crippen LogP contribution in [0.4, 0.5) is 5.69 Å². The Balaban J connectivity index is 1.46. The van der Waals surface area contributed by atoms with E-state index >= 15 is 0 Å². The first kappa shape index (κ1) is 17.5. The maximum Gasteiger partial charge on any atom is 0.255 e. The number of nitrogens with zero attached hydrogens (tertiary/aromatic N) is 3. The van der Waals surface area contributed by atoms with Crippen molar-refractivity contribution >= 4 is 33.4 Å². The van der Waals surface area contributed by atoms with E-state index in [9.17, 15) is 9.90 Å². The van der Waals surface area contributed by atoms with Gasteiger partial charge in [0, 0.05) is 42.6 Å². The predicted octanol–water partition coefficient (Wildman–Crippen LogP) is 4.06. The van der Waals surface area contributed by atoms with E-state index < -0.39 is 0 Å². The number of phenolic OH excluding ortho intramolecular Hbond substituents is 1. The van der Waals surface area contributed by atoms with Crippen molar-refractivity contribution in [1.82, 2.24) is 9.88 Å². The number of fused-ring (bicyclic) bond motifs is 2. The molecule has 1 aliphatic heterocycles. The first-order valence-corrected chi connectivity index (χ1v) is 9.81. The van der Waals surface area contributed by atoms with Crippen LogP contribution in [0, 0.1) is 0 Å². The van der Waals surface area contributed by atoms with E-state index in [0.717, 1.165) is 46.1 Å². The minimum Gasteiger partial charge on any atom is -0.508 e. The molecule has 1 fully saturated rings. The standard InChI is InChI=1S/C24H21N3O2/c28-18-11-9-17(10-12-18)26-13-15-27(16-14-26)24(29)23-19-5-1-3-7-21(19)25-22-8-4-2-6-20(22)23/h1-12,28H,13-16H2. The van der Waals surface area contributed by atoms with Crippen molar-refractivity contribution < 1.29 is 9.90 Å². The van der Waals surface area contributed by atoms with Crippen LogP contribution in [0.2, 0.25) is 0 Å². The molecule has 5 heteroatoms. The molecule has 5 nitrogen and oxygen atoms in total. The van der Waals surface area contributed by atoms with E-state index in [0.29, 0.717) is 13.1 Å². The lowest BCUT2D eigenvalue weighted by molar-refractivity contribution is 0.0750. The van der Waals surface area contributed by atoms with Gasteiger partial charge in [-0.05, 0) is 36.4 Å². The van der Waals surface area contributed by atoms with Crippen molar-refractivity contribution in [1.29, 1.82) is 0 Å². The highest BCUT2D eigenvalue weighted by Crippen LogP contribution is 2.28. The number of anilines is 1. The number of aromatic nitrogens is 1. The van der Waals surface area contributed by atoms with Crippen molar-refractivity contribution in [2.75, 3.05) is 31.1 Å². The molecule has 144 valence electrons. The fourth-order valence-corrected chi connectivity index (χ4v) is 4.06. The molecular weight excluding hydrogens is 362 g/mol. The van der Waals surface area contributed by atoms with Gasteiger partial charge in [-0.15, -0.1) is 0 Å². The number of phenols is 1. The van der Waals surface area contributed by atoms with Gasteiger partial charge < -0.3 is 14.9 Å². The number of hydrogen-bond donors (Lipinski definition) is 1. The first-order chi connectivity index (χ1) is 14.2.